The lowest BCUT2D eigenvalue weighted by atomic mass is 10.4. The Balaban J connectivity index is 2.47. The number of aromatic nitrogens is 1. The van der Waals surface area contributed by atoms with E-state index in [1.165, 1.54) is 18.4 Å². The molecule has 9 heteroatoms. The van der Waals surface area contributed by atoms with Gasteiger partial charge in [0, 0.05) is 17.2 Å². The van der Waals surface area contributed by atoms with Crippen LogP contribution >= 0.6 is 23.1 Å². The van der Waals surface area contributed by atoms with Crippen molar-refractivity contribution in [3.05, 3.63) is 10.6 Å². The molecule has 1 rings (SSSR count). The number of carbonyl (C=O) groups excluding carboxylic acids is 1. The Kier molecular flexibility index (Phi) is 5.27. The lowest BCUT2D eigenvalue weighted by Gasteiger charge is -2.05. The number of methoxy groups -OCH3 is 1. The van der Waals surface area contributed by atoms with Gasteiger partial charge < -0.3 is 10.1 Å². The lowest BCUT2D eigenvalue weighted by Crippen LogP contribution is -2.09. The summed E-state index contributed by atoms with van der Waals surface area (Å²) in [5, 5.41) is 3.15. The van der Waals surface area contributed by atoms with Crippen molar-refractivity contribution in [2.45, 2.75) is 12.4 Å². The third-order valence-electron chi connectivity index (χ3n) is 1.82. The van der Waals surface area contributed by atoms with Crippen LogP contribution in [0.2, 0.25) is 0 Å². The van der Waals surface area contributed by atoms with E-state index in [1.54, 1.807) is 6.92 Å². The van der Waals surface area contributed by atoms with Gasteiger partial charge in [0.25, 0.3) is 0 Å². The summed E-state index contributed by atoms with van der Waals surface area (Å²) in [4.78, 5) is 15.9. The number of rotatable bonds is 5. The molecule has 1 heterocycles. The number of nitrogens with zero attached hydrogens (tertiary/aromatic N) is 1. The quantitative estimate of drug-likeness (QED) is 0.669. The van der Waals surface area contributed by atoms with E-state index in [9.17, 15) is 18.0 Å². The van der Waals surface area contributed by atoms with Crippen molar-refractivity contribution in [1.82, 2.24) is 4.98 Å². The first-order valence-corrected chi connectivity index (χ1v) is 6.64. The lowest BCUT2D eigenvalue weighted by molar-refractivity contribution is -0.0327. The summed E-state index contributed by atoms with van der Waals surface area (Å²) in [5.74, 6) is -0.670. The van der Waals surface area contributed by atoms with Crippen LogP contribution in [0.4, 0.5) is 18.3 Å². The Morgan fingerprint density at radius 3 is 2.78 bits per heavy atom. The van der Waals surface area contributed by atoms with Crippen LogP contribution in [0, 0.1) is 6.92 Å². The minimum absolute atomic E-state index is 0.103. The van der Waals surface area contributed by atoms with Crippen LogP contribution in [0.3, 0.4) is 0 Å². The van der Waals surface area contributed by atoms with E-state index in [1.807, 2.05) is 0 Å². The highest BCUT2D eigenvalue weighted by molar-refractivity contribution is 8.00. The molecule has 18 heavy (non-hydrogen) atoms. The molecule has 0 fully saturated rings. The average molecular weight is 300 g/mol. The number of hydrogen-bond donors (Lipinski definition) is 1. The standard InChI is InChI=1S/C9H11F3N2O2S2/c1-5-6(7(15)16-2)14-8(18-5)13-3-4-17-9(10,11)12/h3-4H2,1-2H3,(H,13,14). The normalized spacial score (nSPS) is 11.4. The van der Waals surface area contributed by atoms with Gasteiger partial charge in [-0.05, 0) is 18.7 Å². The van der Waals surface area contributed by atoms with Crippen LogP contribution in [0.25, 0.3) is 0 Å². The second-order valence-electron chi connectivity index (χ2n) is 3.14. The molecule has 1 aromatic heterocycles. The van der Waals surface area contributed by atoms with Gasteiger partial charge in [-0.3, -0.25) is 0 Å². The molecule has 0 aliphatic heterocycles. The van der Waals surface area contributed by atoms with Crippen molar-refractivity contribution < 1.29 is 22.7 Å². The van der Waals surface area contributed by atoms with Gasteiger partial charge in [-0.2, -0.15) is 13.2 Å². The molecule has 0 aromatic carbocycles. The fourth-order valence-corrected chi connectivity index (χ4v) is 2.35. The Bertz CT molecular complexity index is 420. The number of thiazole rings is 1. The highest BCUT2D eigenvalue weighted by Crippen LogP contribution is 2.30. The number of hydrogen-bond acceptors (Lipinski definition) is 6. The van der Waals surface area contributed by atoms with Crippen molar-refractivity contribution in [3.63, 3.8) is 0 Å². The zero-order valence-electron chi connectivity index (χ0n) is 9.63. The topological polar surface area (TPSA) is 51.2 Å². The van der Waals surface area contributed by atoms with E-state index in [0.29, 0.717) is 10.0 Å². The number of thioether (sulfide) groups is 1. The number of esters is 1. The van der Waals surface area contributed by atoms with E-state index in [2.05, 4.69) is 15.0 Å². The van der Waals surface area contributed by atoms with Gasteiger partial charge in [0.15, 0.2) is 10.8 Å². The van der Waals surface area contributed by atoms with Crippen LogP contribution in [0.1, 0.15) is 15.4 Å². The van der Waals surface area contributed by atoms with Gasteiger partial charge in [0.2, 0.25) is 0 Å². The van der Waals surface area contributed by atoms with Crippen molar-refractivity contribution in [1.29, 1.82) is 0 Å². The summed E-state index contributed by atoms with van der Waals surface area (Å²) in [5.41, 5.74) is -4.04. The predicted molar refractivity (Wildman–Crippen MR) is 65.2 cm³/mol. The average Bonchev–Trinajstić information content (AvgIpc) is 2.64. The van der Waals surface area contributed by atoms with E-state index < -0.39 is 11.5 Å². The first-order valence-electron chi connectivity index (χ1n) is 4.84. The monoisotopic (exact) mass is 300 g/mol. The summed E-state index contributed by atoms with van der Waals surface area (Å²) >= 11 is 1.10. The Morgan fingerprint density at radius 1 is 1.56 bits per heavy atom. The van der Waals surface area contributed by atoms with Crippen molar-refractivity contribution >= 4 is 34.2 Å². The van der Waals surface area contributed by atoms with Gasteiger partial charge in [-0.1, -0.05) is 0 Å². The molecule has 0 radical (unpaired) electrons. The van der Waals surface area contributed by atoms with Crippen molar-refractivity contribution in [2.75, 3.05) is 24.7 Å². The van der Waals surface area contributed by atoms with E-state index >= 15 is 0 Å². The summed E-state index contributed by atoms with van der Waals surface area (Å²) in [6.07, 6.45) is 0. The first kappa shape index (κ1) is 15.1. The van der Waals surface area contributed by atoms with Crippen molar-refractivity contribution in [2.24, 2.45) is 0 Å². The smallest absolute Gasteiger partial charge is 0.441 e. The minimum atomic E-state index is -4.22. The Morgan fingerprint density at radius 2 is 2.22 bits per heavy atom. The van der Waals surface area contributed by atoms with Gasteiger partial charge in [-0.25, -0.2) is 9.78 Å². The molecular formula is C9H11F3N2O2S2. The summed E-state index contributed by atoms with van der Waals surface area (Å²) in [6, 6.07) is 0. The van der Waals surface area contributed by atoms with Crippen LogP contribution in [0.5, 0.6) is 0 Å². The molecule has 0 saturated heterocycles. The second kappa shape index (κ2) is 6.28. The third-order valence-corrected chi connectivity index (χ3v) is 3.48. The second-order valence-corrected chi connectivity index (χ2v) is 5.50. The van der Waals surface area contributed by atoms with Crippen LogP contribution in [0.15, 0.2) is 0 Å². The molecule has 0 unspecified atom stereocenters. The molecule has 0 amide bonds. The molecule has 0 saturated carbocycles. The summed E-state index contributed by atoms with van der Waals surface area (Å²) < 4.78 is 40.1. The molecule has 1 aromatic rings. The van der Waals surface area contributed by atoms with E-state index in [0.717, 1.165) is 0 Å². The number of alkyl halides is 3. The van der Waals surface area contributed by atoms with Gasteiger partial charge in [-0.15, -0.1) is 11.3 Å². The Labute approximate surface area is 110 Å². The molecule has 1 N–H and O–H groups in total. The number of ether oxygens (including phenoxy) is 1. The number of nitrogens with one attached hydrogen (secondary N) is 1. The number of halogens is 3. The van der Waals surface area contributed by atoms with E-state index in [4.69, 9.17) is 0 Å². The summed E-state index contributed by atoms with van der Waals surface area (Å²) in [7, 11) is 1.24. The molecule has 0 aliphatic carbocycles. The van der Waals surface area contributed by atoms with E-state index in [-0.39, 0.29) is 29.8 Å². The molecule has 0 aliphatic rings. The highest BCUT2D eigenvalue weighted by atomic mass is 32.2. The fraction of sp³-hybridized carbons (Fsp3) is 0.556. The van der Waals surface area contributed by atoms with Gasteiger partial charge in [0.05, 0.1) is 7.11 Å². The van der Waals surface area contributed by atoms with Crippen LogP contribution in [-0.2, 0) is 4.74 Å². The summed E-state index contributed by atoms with van der Waals surface area (Å²) in [6.45, 7) is 1.82. The number of aryl methyl sites for hydroxylation is 1. The molecule has 0 atom stereocenters. The van der Waals surface area contributed by atoms with Crippen LogP contribution in [-0.4, -0.2) is 35.9 Å². The van der Waals surface area contributed by atoms with Crippen molar-refractivity contribution in [3.8, 4) is 0 Å². The third kappa shape index (κ3) is 4.73. The largest absolute Gasteiger partial charge is 0.464 e. The van der Waals surface area contributed by atoms with Gasteiger partial charge >= 0.3 is 11.5 Å². The molecule has 4 nitrogen and oxygen atoms in total. The SMILES string of the molecule is COC(=O)c1nc(NCCSC(F)(F)F)sc1C. The molecule has 0 bridgehead atoms. The number of anilines is 1. The zero-order chi connectivity index (χ0) is 13.8. The predicted octanol–water partition coefficient (Wildman–Crippen LogP) is 2.90. The van der Waals surface area contributed by atoms with Crippen LogP contribution < -0.4 is 5.32 Å². The highest BCUT2D eigenvalue weighted by Gasteiger charge is 2.27. The molecule has 0 spiro atoms. The maximum atomic E-state index is 11.9. The van der Waals surface area contributed by atoms with Gasteiger partial charge in [0.1, 0.15) is 0 Å². The first-order chi connectivity index (χ1) is 8.33. The minimum Gasteiger partial charge on any atom is -0.464 e. The zero-order valence-corrected chi connectivity index (χ0v) is 11.3. The molecule has 102 valence electrons. The maximum Gasteiger partial charge on any atom is 0.441 e. The maximum absolute atomic E-state index is 11.9. The fourth-order valence-electron chi connectivity index (χ4n) is 1.08. The number of carbonyl (C=O) groups is 1. The molecular weight excluding hydrogens is 289 g/mol. The Hall–Kier alpha value is -0.960.